The largest absolute Gasteiger partial charge is 0.444 e. The Labute approximate surface area is 104 Å². The van der Waals surface area contributed by atoms with Gasteiger partial charge in [0.05, 0.1) is 6.04 Å². The molecule has 17 heavy (non-hydrogen) atoms. The summed E-state index contributed by atoms with van der Waals surface area (Å²) in [5, 5.41) is 0. The predicted molar refractivity (Wildman–Crippen MR) is 67.8 cm³/mol. The Morgan fingerprint density at radius 1 is 1.35 bits per heavy atom. The van der Waals surface area contributed by atoms with E-state index in [1.54, 1.807) is 0 Å². The number of fused-ring (bicyclic) bond motifs is 2. The first-order valence-electron chi connectivity index (χ1n) is 6.46. The zero-order valence-electron chi connectivity index (χ0n) is 11.3. The van der Waals surface area contributed by atoms with Crippen LogP contribution in [0.15, 0.2) is 12.2 Å². The number of rotatable bonds is 1. The zero-order valence-corrected chi connectivity index (χ0v) is 11.3. The van der Waals surface area contributed by atoms with Crippen LogP contribution >= 0.6 is 0 Å². The molecule has 1 aliphatic heterocycles. The lowest BCUT2D eigenvalue weighted by Gasteiger charge is -2.36. The molecule has 1 heterocycles. The van der Waals surface area contributed by atoms with E-state index in [1.165, 1.54) is 6.42 Å². The van der Waals surface area contributed by atoms with Crippen molar-refractivity contribution in [1.82, 2.24) is 4.90 Å². The molecule has 0 radical (unpaired) electrons. The fraction of sp³-hybridized carbons (Fsp3) is 0.786. The highest BCUT2D eigenvalue weighted by atomic mass is 16.6. The Bertz CT molecular complexity index is 343. The zero-order chi connectivity index (χ0) is 12.8. The van der Waals surface area contributed by atoms with Gasteiger partial charge in [-0.2, -0.15) is 0 Å². The molecule has 3 nitrogen and oxygen atoms in total. The third kappa shape index (κ3) is 2.33. The van der Waals surface area contributed by atoms with Gasteiger partial charge in [-0.3, -0.25) is 4.90 Å². The molecular weight excluding hydrogens is 214 g/mol. The standard InChI is InChI=1S/C14H23NO2/c1-9(2)12-10-6-7-11(8-10)15(12)13(16)17-14(3,4)5/h10-12H,1,6-8H2,2-5H3/t10-,11+,12+/m0/s1. The second-order valence-corrected chi connectivity index (χ2v) is 6.41. The minimum atomic E-state index is -0.418. The molecule has 96 valence electrons. The molecule has 0 aromatic heterocycles. The van der Waals surface area contributed by atoms with Crippen molar-refractivity contribution in [2.45, 2.75) is 64.6 Å². The Morgan fingerprint density at radius 3 is 2.53 bits per heavy atom. The van der Waals surface area contributed by atoms with E-state index in [2.05, 4.69) is 6.58 Å². The maximum absolute atomic E-state index is 12.2. The van der Waals surface area contributed by atoms with Gasteiger partial charge in [-0.1, -0.05) is 12.2 Å². The first kappa shape index (κ1) is 12.5. The molecule has 2 bridgehead atoms. The minimum absolute atomic E-state index is 0.169. The molecule has 1 aliphatic carbocycles. The Hall–Kier alpha value is -0.990. The average molecular weight is 237 g/mol. The van der Waals surface area contributed by atoms with Crippen LogP contribution in [0.4, 0.5) is 4.79 Å². The molecule has 3 atom stereocenters. The number of carbonyl (C=O) groups is 1. The van der Waals surface area contributed by atoms with Crippen molar-refractivity contribution in [2.24, 2.45) is 5.92 Å². The van der Waals surface area contributed by atoms with Crippen LogP contribution in [0.25, 0.3) is 0 Å². The van der Waals surface area contributed by atoms with E-state index in [-0.39, 0.29) is 12.1 Å². The summed E-state index contributed by atoms with van der Waals surface area (Å²) in [7, 11) is 0. The van der Waals surface area contributed by atoms with E-state index in [4.69, 9.17) is 4.74 Å². The number of piperidine rings is 1. The van der Waals surface area contributed by atoms with Crippen molar-refractivity contribution >= 4 is 6.09 Å². The molecule has 0 aromatic carbocycles. The summed E-state index contributed by atoms with van der Waals surface area (Å²) >= 11 is 0. The second-order valence-electron chi connectivity index (χ2n) is 6.41. The van der Waals surface area contributed by atoms with Crippen LogP contribution in [0, 0.1) is 5.92 Å². The molecule has 0 unspecified atom stereocenters. The molecule has 0 aromatic rings. The fourth-order valence-corrected chi connectivity index (χ4v) is 3.20. The summed E-state index contributed by atoms with van der Waals surface area (Å²) in [5.74, 6) is 0.602. The molecule has 2 aliphatic rings. The Kier molecular flexibility index (Phi) is 2.96. The van der Waals surface area contributed by atoms with Crippen molar-refractivity contribution in [2.75, 3.05) is 0 Å². The number of likely N-dealkylation sites (tertiary alicyclic amines) is 1. The normalized spacial score (nSPS) is 31.8. The highest BCUT2D eigenvalue weighted by Gasteiger charge is 2.49. The van der Waals surface area contributed by atoms with Crippen molar-refractivity contribution in [1.29, 1.82) is 0 Å². The van der Waals surface area contributed by atoms with Crippen LogP contribution in [0.2, 0.25) is 0 Å². The van der Waals surface area contributed by atoms with Crippen LogP contribution in [-0.4, -0.2) is 28.7 Å². The van der Waals surface area contributed by atoms with Crippen LogP contribution in [0.1, 0.15) is 47.0 Å². The lowest BCUT2D eigenvalue weighted by Crippen LogP contribution is -2.47. The van der Waals surface area contributed by atoms with Gasteiger partial charge >= 0.3 is 6.09 Å². The fourth-order valence-electron chi connectivity index (χ4n) is 3.20. The minimum Gasteiger partial charge on any atom is -0.444 e. The third-order valence-corrected chi connectivity index (χ3v) is 3.69. The number of hydrogen-bond acceptors (Lipinski definition) is 2. The third-order valence-electron chi connectivity index (χ3n) is 3.69. The summed E-state index contributed by atoms with van der Waals surface area (Å²) in [6.07, 6.45) is 3.30. The van der Waals surface area contributed by atoms with E-state index >= 15 is 0 Å². The molecule has 1 saturated heterocycles. The molecule has 2 fully saturated rings. The summed E-state index contributed by atoms with van der Waals surface area (Å²) < 4.78 is 5.50. The molecule has 2 rings (SSSR count). The van der Waals surface area contributed by atoms with E-state index < -0.39 is 5.60 Å². The molecule has 1 saturated carbocycles. The Balaban J connectivity index is 2.14. The second kappa shape index (κ2) is 4.04. The van der Waals surface area contributed by atoms with E-state index in [9.17, 15) is 4.79 Å². The van der Waals surface area contributed by atoms with E-state index in [0.29, 0.717) is 12.0 Å². The summed E-state index contributed by atoms with van der Waals surface area (Å²) in [5.41, 5.74) is 0.668. The van der Waals surface area contributed by atoms with Gasteiger partial charge in [-0.15, -0.1) is 0 Å². The van der Waals surface area contributed by atoms with Gasteiger partial charge in [0.1, 0.15) is 5.60 Å². The van der Waals surface area contributed by atoms with Crippen molar-refractivity contribution in [3.63, 3.8) is 0 Å². The topological polar surface area (TPSA) is 29.5 Å². The molecular formula is C14H23NO2. The maximum Gasteiger partial charge on any atom is 0.411 e. The Morgan fingerprint density at radius 2 is 2.00 bits per heavy atom. The number of ether oxygens (including phenoxy) is 1. The van der Waals surface area contributed by atoms with Crippen LogP contribution < -0.4 is 0 Å². The summed E-state index contributed by atoms with van der Waals surface area (Å²) in [4.78, 5) is 14.2. The van der Waals surface area contributed by atoms with Crippen molar-refractivity contribution < 1.29 is 9.53 Å². The van der Waals surface area contributed by atoms with E-state index in [0.717, 1.165) is 18.4 Å². The lowest BCUT2D eigenvalue weighted by atomic mass is 9.94. The van der Waals surface area contributed by atoms with Gasteiger partial charge in [-0.05, 0) is 52.9 Å². The number of hydrogen-bond donors (Lipinski definition) is 0. The average Bonchev–Trinajstić information content (AvgIpc) is 2.72. The SMILES string of the molecule is C=C(C)[C@@H]1[C@H]2CC[C@H](C2)N1C(=O)OC(C)(C)C. The molecule has 0 spiro atoms. The maximum atomic E-state index is 12.2. The first-order valence-corrected chi connectivity index (χ1v) is 6.46. The number of carbonyl (C=O) groups excluding carboxylic acids is 1. The molecule has 1 amide bonds. The van der Waals surface area contributed by atoms with Gasteiger partial charge in [0.25, 0.3) is 0 Å². The van der Waals surface area contributed by atoms with Gasteiger partial charge in [0.2, 0.25) is 0 Å². The van der Waals surface area contributed by atoms with Gasteiger partial charge in [0.15, 0.2) is 0 Å². The summed E-state index contributed by atoms with van der Waals surface area (Å²) in [6, 6.07) is 0.570. The lowest BCUT2D eigenvalue weighted by molar-refractivity contribution is 0.0115. The van der Waals surface area contributed by atoms with Crippen molar-refractivity contribution in [3.05, 3.63) is 12.2 Å². The molecule has 0 N–H and O–H groups in total. The van der Waals surface area contributed by atoms with Gasteiger partial charge in [0, 0.05) is 6.04 Å². The van der Waals surface area contributed by atoms with Crippen LogP contribution in [-0.2, 0) is 4.74 Å². The monoisotopic (exact) mass is 237 g/mol. The molecule has 3 heteroatoms. The number of nitrogens with zero attached hydrogens (tertiary/aromatic N) is 1. The number of amides is 1. The van der Waals surface area contributed by atoms with Crippen LogP contribution in [0.3, 0.4) is 0 Å². The van der Waals surface area contributed by atoms with Gasteiger partial charge in [-0.25, -0.2) is 4.79 Å². The van der Waals surface area contributed by atoms with E-state index in [1.807, 2.05) is 32.6 Å². The first-order chi connectivity index (χ1) is 7.79. The smallest absolute Gasteiger partial charge is 0.411 e. The van der Waals surface area contributed by atoms with Gasteiger partial charge < -0.3 is 4.74 Å². The van der Waals surface area contributed by atoms with Crippen molar-refractivity contribution in [3.8, 4) is 0 Å². The highest BCUT2D eigenvalue weighted by molar-refractivity contribution is 5.70. The predicted octanol–water partition coefficient (Wildman–Crippen LogP) is 3.35. The summed E-state index contributed by atoms with van der Waals surface area (Å²) in [6.45, 7) is 11.8. The quantitative estimate of drug-likeness (QED) is 0.654. The van der Waals surface area contributed by atoms with Crippen LogP contribution in [0.5, 0.6) is 0 Å². The highest BCUT2D eigenvalue weighted by Crippen LogP contribution is 2.45.